The van der Waals surface area contributed by atoms with Crippen molar-refractivity contribution in [3.05, 3.63) is 59.2 Å². The highest BCUT2D eigenvalue weighted by atomic mass is 16.6. The molecule has 190 valence electrons. The average molecular weight is 491 g/mol. The van der Waals surface area contributed by atoms with Crippen LogP contribution < -0.4 is 9.47 Å². The first-order chi connectivity index (χ1) is 17.3. The number of carbonyl (C=O) groups is 3. The maximum atomic E-state index is 14.0. The van der Waals surface area contributed by atoms with Gasteiger partial charge >= 0.3 is 0 Å². The van der Waals surface area contributed by atoms with Crippen molar-refractivity contribution in [3.8, 4) is 11.5 Å². The molecule has 1 saturated carbocycles. The van der Waals surface area contributed by atoms with Crippen molar-refractivity contribution in [2.75, 3.05) is 20.3 Å². The van der Waals surface area contributed by atoms with E-state index in [0.717, 1.165) is 42.4 Å². The molecule has 2 heterocycles. The first-order valence-electron chi connectivity index (χ1n) is 12.9. The Hall–Kier alpha value is -3.35. The molecule has 36 heavy (non-hydrogen) atoms. The summed E-state index contributed by atoms with van der Waals surface area (Å²) in [4.78, 5) is 44.2. The van der Waals surface area contributed by atoms with Gasteiger partial charge in [-0.05, 0) is 55.5 Å². The van der Waals surface area contributed by atoms with E-state index in [1.165, 1.54) is 4.90 Å². The number of benzene rings is 2. The van der Waals surface area contributed by atoms with E-state index in [-0.39, 0.29) is 42.6 Å². The molecule has 1 saturated heterocycles. The van der Waals surface area contributed by atoms with Crippen LogP contribution in [0.4, 0.5) is 0 Å². The minimum Gasteiger partial charge on any atom is -0.486 e. The molecule has 3 aliphatic rings. The molecule has 3 amide bonds. The van der Waals surface area contributed by atoms with Crippen molar-refractivity contribution in [2.24, 2.45) is 0 Å². The van der Waals surface area contributed by atoms with E-state index in [4.69, 9.17) is 9.47 Å². The van der Waals surface area contributed by atoms with Gasteiger partial charge in [0.1, 0.15) is 13.2 Å². The van der Waals surface area contributed by atoms with Gasteiger partial charge in [-0.3, -0.25) is 19.3 Å². The molecule has 2 atom stereocenters. The van der Waals surface area contributed by atoms with E-state index in [2.05, 4.69) is 0 Å². The normalized spacial score (nSPS) is 22.7. The Morgan fingerprint density at radius 2 is 1.78 bits per heavy atom. The number of ether oxygens (including phenoxy) is 2. The number of hydrogen-bond donors (Lipinski definition) is 0. The molecular weight excluding hydrogens is 456 g/mol. The third-order valence-electron chi connectivity index (χ3n) is 8.18. The van der Waals surface area contributed by atoms with E-state index in [1.807, 2.05) is 56.3 Å². The Bertz CT molecular complexity index is 1190. The lowest BCUT2D eigenvalue weighted by Crippen LogP contribution is -2.46. The molecule has 0 spiro atoms. The van der Waals surface area contributed by atoms with Gasteiger partial charge < -0.3 is 14.4 Å². The summed E-state index contributed by atoms with van der Waals surface area (Å²) in [5.74, 6) is 0.821. The SMILES string of the molecule is Cc1ccccc1[C@@]1(CC(=O)N(C)[C@H](C)c2ccc3c(c2)OCCO3)CC(=O)N(C2CCCC2)C1=O. The molecule has 7 heteroatoms. The van der Waals surface area contributed by atoms with Gasteiger partial charge in [0.15, 0.2) is 11.5 Å². The van der Waals surface area contributed by atoms with Crippen LogP contribution in [0.25, 0.3) is 0 Å². The van der Waals surface area contributed by atoms with Crippen molar-refractivity contribution >= 4 is 17.7 Å². The van der Waals surface area contributed by atoms with Crippen LogP contribution in [-0.2, 0) is 19.8 Å². The Morgan fingerprint density at radius 1 is 1.08 bits per heavy atom. The van der Waals surface area contributed by atoms with Crippen LogP contribution in [0.15, 0.2) is 42.5 Å². The van der Waals surface area contributed by atoms with E-state index in [1.54, 1.807) is 11.9 Å². The second-order valence-corrected chi connectivity index (χ2v) is 10.3. The Balaban J connectivity index is 1.44. The van der Waals surface area contributed by atoms with Gasteiger partial charge in [0.25, 0.3) is 0 Å². The van der Waals surface area contributed by atoms with E-state index in [0.29, 0.717) is 24.7 Å². The van der Waals surface area contributed by atoms with Crippen LogP contribution in [0.1, 0.15) is 68.2 Å². The molecule has 2 fully saturated rings. The minimum absolute atomic E-state index is 0.0329. The predicted octanol–water partition coefficient (Wildman–Crippen LogP) is 4.32. The van der Waals surface area contributed by atoms with E-state index >= 15 is 0 Å². The summed E-state index contributed by atoms with van der Waals surface area (Å²) in [6, 6.07) is 13.0. The van der Waals surface area contributed by atoms with Gasteiger partial charge in [0, 0.05) is 25.9 Å². The molecule has 0 aromatic heterocycles. The number of aryl methyl sites for hydroxylation is 1. The first-order valence-corrected chi connectivity index (χ1v) is 12.9. The van der Waals surface area contributed by atoms with Gasteiger partial charge in [-0.25, -0.2) is 0 Å². The quantitative estimate of drug-likeness (QED) is 0.564. The summed E-state index contributed by atoms with van der Waals surface area (Å²) in [6.45, 7) is 4.91. The third-order valence-corrected chi connectivity index (χ3v) is 8.18. The average Bonchev–Trinajstić information content (AvgIpc) is 3.49. The standard InChI is InChI=1S/C29H34N2O5/c1-19-8-4-7-11-23(19)29(18-27(33)31(28(29)34)22-9-5-6-10-22)17-26(32)30(3)20(2)21-12-13-24-25(16-21)36-15-14-35-24/h4,7-8,11-13,16,20,22H,5-6,9-10,14-15,17-18H2,1-3H3/t20-,29-/m1/s1. The zero-order valence-corrected chi connectivity index (χ0v) is 21.3. The molecule has 0 radical (unpaired) electrons. The van der Waals surface area contributed by atoms with Crippen LogP contribution in [0.5, 0.6) is 11.5 Å². The highest BCUT2D eigenvalue weighted by molar-refractivity contribution is 6.11. The fourth-order valence-electron chi connectivity index (χ4n) is 5.99. The topological polar surface area (TPSA) is 76.2 Å². The van der Waals surface area contributed by atoms with Crippen LogP contribution in [0, 0.1) is 6.92 Å². The fraction of sp³-hybridized carbons (Fsp3) is 0.483. The Morgan fingerprint density at radius 3 is 2.50 bits per heavy atom. The van der Waals surface area contributed by atoms with Crippen LogP contribution in [0.2, 0.25) is 0 Å². The molecule has 0 N–H and O–H groups in total. The number of carbonyl (C=O) groups excluding carboxylic acids is 3. The molecular formula is C29H34N2O5. The summed E-state index contributed by atoms with van der Waals surface area (Å²) in [7, 11) is 1.76. The molecule has 7 nitrogen and oxygen atoms in total. The molecule has 0 bridgehead atoms. The highest BCUT2D eigenvalue weighted by Crippen LogP contribution is 2.44. The predicted molar refractivity (Wildman–Crippen MR) is 135 cm³/mol. The van der Waals surface area contributed by atoms with Crippen LogP contribution in [0.3, 0.4) is 0 Å². The van der Waals surface area contributed by atoms with Gasteiger partial charge in [-0.2, -0.15) is 0 Å². The van der Waals surface area contributed by atoms with E-state index < -0.39 is 5.41 Å². The second-order valence-electron chi connectivity index (χ2n) is 10.3. The number of nitrogens with zero attached hydrogens (tertiary/aromatic N) is 2. The highest BCUT2D eigenvalue weighted by Gasteiger charge is 2.56. The molecule has 0 unspecified atom stereocenters. The lowest BCUT2D eigenvalue weighted by molar-refractivity contribution is -0.145. The fourth-order valence-corrected chi connectivity index (χ4v) is 5.99. The van der Waals surface area contributed by atoms with Crippen LogP contribution in [-0.4, -0.2) is 53.8 Å². The number of hydrogen-bond acceptors (Lipinski definition) is 5. The smallest absolute Gasteiger partial charge is 0.241 e. The van der Waals surface area contributed by atoms with Crippen molar-refractivity contribution in [1.29, 1.82) is 0 Å². The second kappa shape index (κ2) is 9.60. The van der Waals surface area contributed by atoms with Crippen molar-refractivity contribution in [1.82, 2.24) is 9.80 Å². The summed E-state index contributed by atoms with van der Waals surface area (Å²) in [5.41, 5.74) is 1.43. The van der Waals surface area contributed by atoms with Crippen molar-refractivity contribution in [3.63, 3.8) is 0 Å². The molecule has 2 aliphatic heterocycles. The molecule has 5 rings (SSSR count). The van der Waals surface area contributed by atoms with E-state index in [9.17, 15) is 14.4 Å². The number of imide groups is 1. The van der Waals surface area contributed by atoms with Gasteiger partial charge in [-0.1, -0.05) is 43.2 Å². The maximum Gasteiger partial charge on any atom is 0.241 e. The Labute approximate surface area is 212 Å². The molecule has 1 aliphatic carbocycles. The van der Waals surface area contributed by atoms with Gasteiger partial charge in [0.2, 0.25) is 17.7 Å². The number of amides is 3. The number of fused-ring (bicyclic) bond motifs is 1. The summed E-state index contributed by atoms with van der Waals surface area (Å²) < 4.78 is 11.3. The zero-order valence-electron chi connectivity index (χ0n) is 21.3. The lowest BCUT2D eigenvalue weighted by Gasteiger charge is -2.33. The van der Waals surface area contributed by atoms with Gasteiger partial charge in [-0.15, -0.1) is 0 Å². The molecule has 2 aromatic carbocycles. The monoisotopic (exact) mass is 490 g/mol. The summed E-state index contributed by atoms with van der Waals surface area (Å²) >= 11 is 0. The van der Waals surface area contributed by atoms with Crippen molar-refractivity contribution < 1.29 is 23.9 Å². The maximum absolute atomic E-state index is 14.0. The largest absolute Gasteiger partial charge is 0.486 e. The summed E-state index contributed by atoms with van der Waals surface area (Å²) in [6.07, 6.45) is 3.72. The zero-order chi connectivity index (χ0) is 25.4. The molecule has 2 aromatic rings. The minimum atomic E-state index is -1.18. The first kappa shape index (κ1) is 24.3. The Kier molecular flexibility index (Phi) is 6.49. The third kappa shape index (κ3) is 4.14. The summed E-state index contributed by atoms with van der Waals surface area (Å²) in [5, 5.41) is 0. The van der Waals surface area contributed by atoms with Crippen molar-refractivity contribution in [2.45, 2.75) is 69.9 Å². The van der Waals surface area contributed by atoms with Crippen LogP contribution >= 0.6 is 0 Å². The number of rotatable bonds is 6. The van der Waals surface area contributed by atoms with Gasteiger partial charge in [0.05, 0.1) is 11.5 Å². The number of likely N-dealkylation sites (tertiary alicyclic amines) is 1. The lowest BCUT2D eigenvalue weighted by atomic mass is 9.73.